The van der Waals surface area contributed by atoms with Crippen LogP contribution >= 0.6 is 23.2 Å². The Kier molecular flexibility index (Phi) is 13.7. The highest BCUT2D eigenvalue weighted by Crippen LogP contribution is 2.37. The highest BCUT2D eigenvalue weighted by Gasteiger charge is 2.52. The molecule has 1 fully saturated rings. The van der Waals surface area contributed by atoms with Crippen molar-refractivity contribution in [2.24, 2.45) is 0 Å². The van der Waals surface area contributed by atoms with Gasteiger partial charge in [-0.05, 0) is 105 Å². The quantitative estimate of drug-likeness (QED) is 0.151. The SMILES string of the molecule is CC1(C)OB(c2cc(C#N)ccc2F)OC1(C)C.Clc1nc(Cl)nc(-c2ccccc2)n1.N#Cc1ccc(F)c(-c2nc(-c3ccccc3)nc(-c3cc(C#N)ccc3F)n2)c1. The van der Waals surface area contributed by atoms with Crippen LogP contribution in [0, 0.1) is 51.4 Å². The van der Waals surface area contributed by atoms with Gasteiger partial charge in [-0.15, -0.1) is 0 Å². The van der Waals surface area contributed by atoms with Gasteiger partial charge >= 0.3 is 7.12 Å². The molecule has 2 aromatic heterocycles. The van der Waals surface area contributed by atoms with Crippen molar-refractivity contribution in [3.05, 3.63) is 160 Å². The summed E-state index contributed by atoms with van der Waals surface area (Å²) in [5.74, 6) is -1.08. The molecule has 8 rings (SSSR count). The Balaban J connectivity index is 0.000000170. The summed E-state index contributed by atoms with van der Waals surface area (Å²) in [7, 11) is -0.775. The van der Waals surface area contributed by atoms with Gasteiger partial charge in [0.25, 0.3) is 0 Å². The Morgan fingerprint density at radius 1 is 0.484 bits per heavy atom. The summed E-state index contributed by atoms with van der Waals surface area (Å²) in [5.41, 5.74) is 1.54. The van der Waals surface area contributed by atoms with Gasteiger partial charge in [-0.3, -0.25) is 0 Å². The number of aromatic nitrogens is 6. The molecule has 0 N–H and O–H groups in total. The van der Waals surface area contributed by atoms with Crippen molar-refractivity contribution < 1.29 is 22.5 Å². The van der Waals surface area contributed by atoms with Crippen molar-refractivity contribution in [1.82, 2.24) is 29.9 Å². The van der Waals surface area contributed by atoms with E-state index >= 15 is 0 Å². The maximum atomic E-state index is 14.5. The molecule has 0 aliphatic carbocycles. The second-order valence-electron chi connectivity index (χ2n) is 14.3. The highest BCUT2D eigenvalue weighted by atomic mass is 35.5. The number of nitriles is 3. The zero-order valence-corrected chi connectivity index (χ0v) is 34.8. The Labute approximate surface area is 365 Å². The Morgan fingerprint density at radius 3 is 1.27 bits per heavy atom. The van der Waals surface area contributed by atoms with E-state index in [0.29, 0.717) is 17.0 Å². The van der Waals surface area contributed by atoms with Crippen LogP contribution in [0.2, 0.25) is 10.6 Å². The molecule has 0 saturated carbocycles. The average Bonchev–Trinajstić information content (AvgIpc) is 3.50. The molecule has 0 unspecified atom stereocenters. The third kappa shape index (κ3) is 10.4. The van der Waals surface area contributed by atoms with Crippen LogP contribution in [0.5, 0.6) is 0 Å². The molecular formula is C45H31BCl2F3N9O2. The van der Waals surface area contributed by atoms with E-state index in [1.54, 1.807) is 24.3 Å². The van der Waals surface area contributed by atoms with Crippen molar-refractivity contribution in [3.63, 3.8) is 0 Å². The summed E-state index contributed by atoms with van der Waals surface area (Å²) < 4.78 is 54.4. The largest absolute Gasteiger partial charge is 0.497 e. The zero-order chi connectivity index (χ0) is 44.6. The fourth-order valence-corrected chi connectivity index (χ4v) is 6.04. The minimum atomic E-state index is -0.775. The predicted molar refractivity (Wildman–Crippen MR) is 228 cm³/mol. The summed E-state index contributed by atoms with van der Waals surface area (Å²) in [4.78, 5) is 24.5. The molecule has 7 aromatic rings. The number of hydrogen-bond donors (Lipinski definition) is 0. The fraction of sp³-hybridized carbons (Fsp3) is 0.133. The van der Waals surface area contributed by atoms with Crippen LogP contribution in [0.1, 0.15) is 44.4 Å². The Morgan fingerprint density at radius 2 is 0.855 bits per heavy atom. The molecule has 306 valence electrons. The van der Waals surface area contributed by atoms with Crippen LogP contribution in [0.4, 0.5) is 13.2 Å². The summed E-state index contributed by atoms with van der Waals surface area (Å²) in [6.45, 7) is 7.61. The summed E-state index contributed by atoms with van der Waals surface area (Å²) in [6, 6.07) is 36.0. The van der Waals surface area contributed by atoms with E-state index in [2.05, 4.69) is 29.9 Å². The normalized spacial score (nSPS) is 13.3. The number of halogens is 5. The molecule has 0 amide bonds. The van der Waals surface area contributed by atoms with Gasteiger partial charge in [0.05, 0.1) is 57.2 Å². The number of hydrogen-bond acceptors (Lipinski definition) is 11. The first kappa shape index (κ1) is 44.5. The second kappa shape index (κ2) is 19.1. The smallest absolute Gasteiger partial charge is 0.399 e. The van der Waals surface area contributed by atoms with E-state index in [-0.39, 0.29) is 55.8 Å². The third-order valence-electron chi connectivity index (χ3n) is 9.59. The monoisotopic (exact) mass is 867 g/mol. The van der Waals surface area contributed by atoms with E-state index in [0.717, 1.165) is 17.7 Å². The predicted octanol–water partition coefficient (Wildman–Crippen LogP) is 9.74. The molecule has 11 nitrogen and oxygen atoms in total. The van der Waals surface area contributed by atoms with Crippen LogP contribution in [0.3, 0.4) is 0 Å². The van der Waals surface area contributed by atoms with Gasteiger partial charge in [0, 0.05) is 16.6 Å². The molecule has 17 heteroatoms. The van der Waals surface area contributed by atoms with Crippen molar-refractivity contribution in [3.8, 4) is 63.8 Å². The van der Waals surface area contributed by atoms with Crippen LogP contribution in [0.15, 0.2) is 115 Å². The van der Waals surface area contributed by atoms with Crippen molar-refractivity contribution in [2.45, 2.75) is 38.9 Å². The lowest BCUT2D eigenvalue weighted by Crippen LogP contribution is -2.41. The van der Waals surface area contributed by atoms with Crippen molar-refractivity contribution in [1.29, 1.82) is 15.8 Å². The molecule has 0 atom stereocenters. The van der Waals surface area contributed by atoms with E-state index in [9.17, 15) is 13.2 Å². The van der Waals surface area contributed by atoms with E-state index in [1.165, 1.54) is 42.5 Å². The summed E-state index contributed by atoms with van der Waals surface area (Å²) >= 11 is 11.3. The topological polar surface area (TPSA) is 167 Å². The standard InChI is InChI=1S/C23H11F2N5.C13H15BFNO2.C9H5Cl2N3/c24-19-8-6-14(12-26)10-17(19)22-28-21(16-4-2-1-3-5-16)29-23(30-22)18-11-15(13-27)7-9-20(18)25;1-12(2)13(3,4)18-14(17-12)10-7-9(8-16)5-6-11(10)15;10-8-12-7(13-9(11)14-8)6-4-2-1-3-5-6/h1-11H;5-7H,1-4H3;1-5H. The molecule has 3 heterocycles. The van der Waals surface area contributed by atoms with E-state index in [4.69, 9.17) is 48.3 Å². The van der Waals surface area contributed by atoms with Gasteiger partial charge in [-0.1, -0.05) is 60.7 Å². The number of benzene rings is 5. The molecule has 1 saturated heterocycles. The van der Waals surface area contributed by atoms with E-state index in [1.807, 2.05) is 82.3 Å². The molecule has 5 aromatic carbocycles. The lowest BCUT2D eigenvalue weighted by molar-refractivity contribution is 0.00578. The minimum absolute atomic E-state index is 0.00766. The minimum Gasteiger partial charge on any atom is -0.399 e. The Hall–Kier alpha value is -7.06. The maximum absolute atomic E-state index is 14.5. The maximum Gasteiger partial charge on any atom is 0.497 e. The number of nitrogens with zero attached hydrogens (tertiary/aromatic N) is 9. The van der Waals surface area contributed by atoms with Crippen LogP contribution < -0.4 is 5.46 Å². The second-order valence-corrected chi connectivity index (χ2v) is 15.0. The van der Waals surface area contributed by atoms with Crippen LogP contribution in [-0.2, 0) is 9.31 Å². The lowest BCUT2D eigenvalue weighted by atomic mass is 9.78. The fourth-order valence-electron chi connectivity index (χ4n) is 5.67. The van der Waals surface area contributed by atoms with Gasteiger partial charge in [0.15, 0.2) is 23.3 Å². The molecule has 0 spiro atoms. The lowest BCUT2D eigenvalue weighted by Gasteiger charge is -2.32. The molecule has 0 radical (unpaired) electrons. The molecule has 1 aliphatic heterocycles. The third-order valence-corrected chi connectivity index (χ3v) is 9.92. The highest BCUT2D eigenvalue weighted by molar-refractivity contribution is 6.62. The summed E-state index contributed by atoms with van der Waals surface area (Å²) in [6.07, 6.45) is 0. The van der Waals surface area contributed by atoms with Crippen LogP contribution in [0.25, 0.3) is 45.6 Å². The molecular weight excluding hydrogens is 837 g/mol. The van der Waals surface area contributed by atoms with Gasteiger partial charge in [-0.2, -0.15) is 30.7 Å². The number of rotatable bonds is 5. The van der Waals surface area contributed by atoms with Crippen molar-refractivity contribution in [2.75, 3.05) is 0 Å². The van der Waals surface area contributed by atoms with Gasteiger partial charge in [-0.25, -0.2) is 28.1 Å². The van der Waals surface area contributed by atoms with Gasteiger partial charge in [0.2, 0.25) is 10.6 Å². The molecule has 62 heavy (non-hydrogen) atoms. The average molecular weight is 869 g/mol. The first-order chi connectivity index (χ1) is 29.6. The van der Waals surface area contributed by atoms with Crippen molar-refractivity contribution >= 4 is 35.8 Å². The van der Waals surface area contributed by atoms with Gasteiger partial charge in [0.1, 0.15) is 17.5 Å². The first-order valence-corrected chi connectivity index (χ1v) is 19.3. The zero-order valence-electron chi connectivity index (χ0n) is 33.3. The Bertz CT molecular complexity index is 2770. The van der Waals surface area contributed by atoms with Crippen LogP contribution in [-0.4, -0.2) is 48.2 Å². The van der Waals surface area contributed by atoms with Gasteiger partial charge < -0.3 is 9.31 Å². The first-order valence-electron chi connectivity index (χ1n) is 18.5. The summed E-state index contributed by atoms with van der Waals surface area (Å²) in [5, 5.41) is 27.4. The molecule has 1 aliphatic rings. The molecule has 0 bridgehead atoms. The van der Waals surface area contributed by atoms with E-state index < -0.39 is 35.8 Å².